The van der Waals surface area contributed by atoms with Gasteiger partial charge >= 0.3 is 0 Å². The Morgan fingerprint density at radius 3 is 2.65 bits per heavy atom. The fraction of sp³-hybridized carbons (Fsp3) is 0.160. The van der Waals surface area contributed by atoms with Gasteiger partial charge in [-0.3, -0.25) is 9.59 Å². The number of allylic oxidation sites excluding steroid dienone is 2. The summed E-state index contributed by atoms with van der Waals surface area (Å²) in [4.78, 5) is 26.3. The van der Waals surface area contributed by atoms with Crippen LogP contribution in [-0.4, -0.2) is 22.1 Å². The number of halogens is 1. The van der Waals surface area contributed by atoms with Crippen LogP contribution in [0.1, 0.15) is 36.3 Å². The van der Waals surface area contributed by atoms with E-state index >= 15 is 0 Å². The lowest BCUT2D eigenvalue weighted by atomic mass is 10.0. The van der Waals surface area contributed by atoms with Crippen molar-refractivity contribution in [2.45, 2.75) is 20.3 Å². The SMILES string of the molecule is CCC1=CC=C(c2nn(-c3cccc(C(C)=O)c3)ccc2=O)N(c2ccccc2F)C1. The summed E-state index contributed by atoms with van der Waals surface area (Å²) in [6, 6.07) is 15.0. The summed E-state index contributed by atoms with van der Waals surface area (Å²) in [5, 5.41) is 4.55. The molecule has 6 heteroatoms. The Hall–Kier alpha value is -3.80. The first-order chi connectivity index (χ1) is 15.0. The summed E-state index contributed by atoms with van der Waals surface area (Å²) in [6.07, 6.45) is 6.16. The van der Waals surface area contributed by atoms with Crippen LogP contribution in [0.5, 0.6) is 0 Å². The van der Waals surface area contributed by atoms with E-state index in [1.807, 2.05) is 25.1 Å². The Balaban J connectivity index is 1.84. The molecule has 0 fully saturated rings. The van der Waals surface area contributed by atoms with Crippen LogP contribution < -0.4 is 10.3 Å². The molecule has 2 heterocycles. The standard InChI is InChI=1S/C25H22FN3O2/c1-3-18-11-12-23(28(16-18)22-10-5-4-9-21(22)26)25-24(31)13-14-29(27-25)20-8-6-7-19(15-20)17(2)30/h4-15H,3,16H2,1-2H3. The van der Waals surface area contributed by atoms with Crippen LogP contribution in [0.15, 0.2) is 83.3 Å². The molecule has 4 rings (SSSR count). The Labute approximate surface area is 179 Å². The lowest BCUT2D eigenvalue weighted by molar-refractivity contribution is 0.101. The van der Waals surface area contributed by atoms with Crippen molar-refractivity contribution in [3.63, 3.8) is 0 Å². The van der Waals surface area contributed by atoms with Crippen molar-refractivity contribution in [1.82, 2.24) is 9.78 Å². The molecule has 156 valence electrons. The largest absolute Gasteiger partial charge is 0.333 e. The predicted molar refractivity (Wildman–Crippen MR) is 120 cm³/mol. The van der Waals surface area contributed by atoms with Gasteiger partial charge in [-0.25, -0.2) is 9.07 Å². The number of Topliss-reactive ketones (excluding diaryl/α,β-unsaturated/α-hetero) is 1. The first-order valence-electron chi connectivity index (χ1n) is 10.1. The smallest absolute Gasteiger partial charge is 0.209 e. The molecule has 31 heavy (non-hydrogen) atoms. The number of ketones is 1. The quantitative estimate of drug-likeness (QED) is 0.563. The minimum absolute atomic E-state index is 0.0546. The van der Waals surface area contributed by atoms with Gasteiger partial charge in [-0.1, -0.05) is 42.8 Å². The minimum atomic E-state index is -0.365. The predicted octanol–water partition coefficient (Wildman–Crippen LogP) is 4.77. The molecular formula is C25H22FN3O2. The van der Waals surface area contributed by atoms with E-state index in [2.05, 4.69) is 5.10 Å². The van der Waals surface area contributed by atoms with Crippen molar-refractivity contribution in [3.8, 4) is 5.69 Å². The monoisotopic (exact) mass is 415 g/mol. The molecule has 1 aromatic heterocycles. The van der Waals surface area contributed by atoms with Crippen molar-refractivity contribution >= 4 is 17.2 Å². The number of hydrogen-bond donors (Lipinski definition) is 0. The number of anilines is 1. The summed E-state index contributed by atoms with van der Waals surface area (Å²) < 4.78 is 16.2. The molecule has 0 atom stereocenters. The Bertz CT molecular complexity index is 1270. The van der Waals surface area contributed by atoms with Crippen LogP contribution >= 0.6 is 0 Å². The van der Waals surface area contributed by atoms with E-state index in [-0.39, 0.29) is 22.7 Å². The maximum absolute atomic E-state index is 14.6. The van der Waals surface area contributed by atoms with E-state index in [9.17, 15) is 14.0 Å². The van der Waals surface area contributed by atoms with Gasteiger partial charge in [-0.15, -0.1) is 0 Å². The van der Waals surface area contributed by atoms with Crippen molar-refractivity contribution in [1.29, 1.82) is 0 Å². The van der Waals surface area contributed by atoms with Gasteiger partial charge in [-0.2, -0.15) is 5.10 Å². The van der Waals surface area contributed by atoms with Gasteiger partial charge in [0.2, 0.25) is 5.43 Å². The number of carbonyl (C=O) groups excluding carboxylic acids is 1. The molecule has 0 saturated heterocycles. The molecular weight excluding hydrogens is 393 g/mol. The number of nitrogens with zero attached hydrogens (tertiary/aromatic N) is 3. The molecule has 0 saturated carbocycles. The van der Waals surface area contributed by atoms with Gasteiger partial charge in [0.15, 0.2) is 11.5 Å². The molecule has 0 radical (unpaired) electrons. The normalized spacial score (nSPS) is 13.6. The molecule has 0 aliphatic carbocycles. The molecule has 3 aromatic rings. The summed E-state index contributed by atoms with van der Waals surface area (Å²) in [6.45, 7) is 4.01. The minimum Gasteiger partial charge on any atom is -0.333 e. The molecule has 0 unspecified atom stereocenters. The second-order valence-electron chi connectivity index (χ2n) is 7.35. The third-order valence-corrected chi connectivity index (χ3v) is 5.29. The summed E-state index contributed by atoms with van der Waals surface area (Å²) in [7, 11) is 0. The van der Waals surface area contributed by atoms with Crippen molar-refractivity contribution < 1.29 is 9.18 Å². The van der Waals surface area contributed by atoms with Crippen LogP contribution in [0.2, 0.25) is 0 Å². The highest BCUT2D eigenvalue weighted by Gasteiger charge is 2.23. The Kier molecular flexibility index (Phi) is 5.62. The number of para-hydroxylation sites is 1. The molecule has 0 bridgehead atoms. The fourth-order valence-electron chi connectivity index (χ4n) is 3.55. The van der Waals surface area contributed by atoms with Crippen LogP contribution in [-0.2, 0) is 0 Å². The van der Waals surface area contributed by atoms with Gasteiger partial charge in [0, 0.05) is 24.4 Å². The number of carbonyl (C=O) groups is 1. The van der Waals surface area contributed by atoms with E-state index in [0.29, 0.717) is 29.2 Å². The van der Waals surface area contributed by atoms with E-state index in [1.165, 1.54) is 19.1 Å². The van der Waals surface area contributed by atoms with Crippen LogP contribution in [0.25, 0.3) is 11.4 Å². The maximum atomic E-state index is 14.6. The maximum Gasteiger partial charge on any atom is 0.209 e. The number of rotatable bonds is 5. The fourth-order valence-corrected chi connectivity index (χ4v) is 3.55. The number of hydrogen-bond acceptors (Lipinski definition) is 4. The third kappa shape index (κ3) is 4.10. The highest BCUT2D eigenvalue weighted by molar-refractivity contribution is 5.94. The van der Waals surface area contributed by atoms with Crippen molar-refractivity contribution in [2.75, 3.05) is 11.4 Å². The van der Waals surface area contributed by atoms with Gasteiger partial charge < -0.3 is 4.90 Å². The summed E-state index contributed by atoms with van der Waals surface area (Å²) in [5.74, 6) is -0.419. The van der Waals surface area contributed by atoms with Crippen LogP contribution in [0.3, 0.4) is 0 Å². The molecule has 1 aliphatic rings. The molecule has 0 spiro atoms. The van der Waals surface area contributed by atoms with Gasteiger partial charge in [0.25, 0.3) is 0 Å². The van der Waals surface area contributed by atoms with Crippen LogP contribution in [0, 0.1) is 5.82 Å². The van der Waals surface area contributed by atoms with Gasteiger partial charge in [0.05, 0.1) is 17.1 Å². The zero-order valence-corrected chi connectivity index (χ0v) is 17.4. The Morgan fingerprint density at radius 1 is 1.10 bits per heavy atom. The second-order valence-corrected chi connectivity index (χ2v) is 7.35. The topological polar surface area (TPSA) is 55.2 Å². The summed E-state index contributed by atoms with van der Waals surface area (Å²) >= 11 is 0. The lowest BCUT2D eigenvalue weighted by Gasteiger charge is -2.30. The highest BCUT2D eigenvalue weighted by atomic mass is 19.1. The highest BCUT2D eigenvalue weighted by Crippen LogP contribution is 2.31. The number of aromatic nitrogens is 2. The Morgan fingerprint density at radius 2 is 1.90 bits per heavy atom. The first kappa shape index (κ1) is 20.5. The average molecular weight is 415 g/mol. The molecule has 0 amide bonds. The average Bonchev–Trinajstić information content (AvgIpc) is 2.79. The zero-order chi connectivity index (χ0) is 22.0. The van der Waals surface area contributed by atoms with E-state index in [1.54, 1.807) is 52.2 Å². The van der Waals surface area contributed by atoms with Gasteiger partial charge in [0.1, 0.15) is 5.82 Å². The van der Waals surface area contributed by atoms with Crippen molar-refractivity contribution in [2.24, 2.45) is 0 Å². The third-order valence-electron chi connectivity index (χ3n) is 5.29. The number of benzene rings is 2. The van der Waals surface area contributed by atoms with E-state index in [0.717, 1.165) is 12.0 Å². The van der Waals surface area contributed by atoms with E-state index < -0.39 is 0 Å². The molecule has 1 aliphatic heterocycles. The molecule has 5 nitrogen and oxygen atoms in total. The molecule has 0 N–H and O–H groups in total. The van der Waals surface area contributed by atoms with Crippen molar-refractivity contribution in [3.05, 3.63) is 106 Å². The summed E-state index contributed by atoms with van der Waals surface area (Å²) in [5.41, 5.74) is 3.21. The lowest BCUT2D eigenvalue weighted by Crippen LogP contribution is -2.31. The second kappa shape index (κ2) is 8.52. The zero-order valence-electron chi connectivity index (χ0n) is 17.4. The molecule has 2 aromatic carbocycles. The first-order valence-corrected chi connectivity index (χ1v) is 10.1. The van der Waals surface area contributed by atoms with Crippen LogP contribution in [0.4, 0.5) is 10.1 Å². The van der Waals surface area contributed by atoms with Gasteiger partial charge in [-0.05, 0) is 43.7 Å². The van der Waals surface area contributed by atoms with E-state index in [4.69, 9.17) is 0 Å².